The lowest BCUT2D eigenvalue weighted by Gasteiger charge is -2.26. The Labute approximate surface area is 148 Å². The van der Waals surface area contributed by atoms with Gasteiger partial charge in [0.15, 0.2) is 5.82 Å². The van der Waals surface area contributed by atoms with Gasteiger partial charge in [-0.25, -0.2) is 4.98 Å². The molecule has 3 rings (SSSR count). The number of hydrogen-bond acceptors (Lipinski definition) is 5. The fraction of sp³-hybridized carbons (Fsp3) is 0.611. The van der Waals surface area contributed by atoms with E-state index >= 15 is 0 Å². The SMILES string of the molecule is CC(C)Cn1ccnc(Nc2cnn(CCN3CCCCC3)c2)c1=O. The maximum absolute atomic E-state index is 12.5. The summed E-state index contributed by atoms with van der Waals surface area (Å²) < 4.78 is 3.62. The van der Waals surface area contributed by atoms with Crippen molar-refractivity contribution < 1.29 is 0 Å². The van der Waals surface area contributed by atoms with Gasteiger partial charge in [-0.1, -0.05) is 20.3 Å². The summed E-state index contributed by atoms with van der Waals surface area (Å²) in [6, 6.07) is 0. The van der Waals surface area contributed by atoms with Crippen LogP contribution in [0, 0.1) is 5.92 Å². The summed E-state index contributed by atoms with van der Waals surface area (Å²) >= 11 is 0. The molecule has 0 atom stereocenters. The van der Waals surface area contributed by atoms with Crippen molar-refractivity contribution in [2.45, 2.75) is 46.2 Å². The van der Waals surface area contributed by atoms with Gasteiger partial charge in [0, 0.05) is 31.7 Å². The Morgan fingerprint density at radius 1 is 1.20 bits per heavy atom. The fourth-order valence-corrected chi connectivity index (χ4v) is 3.18. The molecule has 2 aromatic heterocycles. The van der Waals surface area contributed by atoms with Crippen molar-refractivity contribution in [2.75, 3.05) is 25.0 Å². The second kappa shape index (κ2) is 8.29. The first-order chi connectivity index (χ1) is 12.1. The molecule has 7 heteroatoms. The quantitative estimate of drug-likeness (QED) is 0.835. The van der Waals surface area contributed by atoms with Crippen LogP contribution in [0.25, 0.3) is 0 Å². The number of piperidine rings is 1. The van der Waals surface area contributed by atoms with E-state index in [2.05, 4.69) is 34.1 Å². The van der Waals surface area contributed by atoms with E-state index in [1.54, 1.807) is 23.2 Å². The molecule has 136 valence electrons. The van der Waals surface area contributed by atoms with E-state index in [1.807, 2.05) is 10.9 Å². The predicted molar refractivity (Wildman–Crippen MR) is 99.1 cm³/mol. The lowest BCUT2D eigenvalue weighted by molar-refractivity contribution is 0.218. The van der Waals surface area contributed by atoms with E-state index in [-0.39, 0.29) is 5.56 Å². The van der Waals surface area contributed by atoms with Crippen molar-refractivity contribution in [3.63, 3.8) is 0 Å². The predicted octanol–water partition coefficient (Wildman–Crippen LogP) is 2.33. The average molecular weight is 344 g/mol. The smallest absolute Gasteiger partial charge is 0.293 e. The van der Waals surface area contributed by atoms with Gasteiger partial charge < -0.3 is 14.8 Å². The standard InChI is InChI=1S/C18H28N6O/c1-15(2)13-23-9-6-19-17(18(23)25)21-16-12-20-24(14-16)11-10-22-7-4-3-5-8-22/h6,9,12,14-15H,3-5,7-8,10-11,13H2,1-2H3,(H,19,21). The molecule has 0 aliphatic carbocycles. The molecule has 1 N–H and O–H groups in total. The molecule has 1 aliphatic rings. The van der Waals surface area contributed by atoms with E-state index in [9.17, 15) is 4.79 Å². The normalized spacial score (nSPS) is 15.6. The molecular weight excluding hydrogens is 316 g/mol. The van der Waals surface area contributed by atoms with Gasteiger partial charge in [0.25, 0.3) is 5.56 Å². The van der Waals surface area contributed by atoms with Crippen molar-refractivity contribution in [3.8, 4) is 0 Å². The van der Waals surface area contributed by atoms with Crippen LogP contribution < -0.4 is 10.9 Å². The zero-order chi connectivity index (χ0) is 17.6. The molecule has 0 bridgehead atoms. The highest BCUT2D eigenvalue weighted by atomic mass is 16.1. The fourth-order valence-electron chi connectivity index (χ4n) is 3.18. The van der Waals surface area contributed by atoms with Gasteiger partial charge in [0.2, 0.25) is 0 Å². The Balaban J connectivity index is 1.60. The number of rotatable bonds is 7. The number of likely N-dealkylation sites (tertiary alicyclic amines) is 1. The summed E-state index contributed by atoms with van der Waals surface area (Å²) in [6.45, 7) is 9.13. The van der Waals surface area contributed by atoms with Gasteiger partial charge in [-0.3, -0.25) is 9.48 Å². The molecule has 0 radical (unpaired) electrons. The van der Waals surface area contributed by atoms with E-state index in [4.69, 9.17) is 0 Å². The van der Waals surface area contributed by atoms with Crippen LogP contribution >= 0.6 is 0 Å². The molecular formula is C18H28N6O. The Kier molecular flexibility index (Phi) is 5.86. The number of nitrogens with zero attached hydrogens (tertiary/aromatic N) is 5. The summed E-state index contributed by atoms with van der Waals surface area (Å²) in [5.74, 6) is 0.754. The summed E-state index contributed by atoms with van der Waals surface area (Å²) in [5, 5.41) is 7.49. The third-order valence-corrected chi connectivity index (χ3v) is 4.47. The summed E-state index contributed by atoms with van der Waals surface area (Å²) in [6.07, 6.45) is 11.0. The molecule has 7 nitrogen and oxygen atoms in total. The first kappa shape index (κ1) is 17.7. The van der Waals surface area contributed by atoms with Crippen molar-refractivity contribution >= 4 is 11.5 Å². The van der Waals surface area contributed by atoms with Gasteiger partial charge >= 0.3 is 0 Å². The Bertz CT molecular complexity index is 729. The first-order valence-corrected chi connectivity index (χ1v) is 9.19. The van der Waals surface area contributed by atoms with Crippen LogP contribution in [-0.4, -0.2) is 43.9 Å². The van der Waals surface area contributed by atoms with Crippen LogP contribution in [0.2, 0.25) is 0 Å². The molecule has 3 heterocycles. The number of aromatic nitrogens is 4. The molecule has 1 aliphatic heterocycles. The van der Waals surface area contributed by atoms with Crippen LogP contribution in [-0.2, 0) is 13.1 Å². The van der Waals surface area contributed by atoms with Gasteiger partial charge in [-0.15, -0.1) is 0 Å². The van der Waals surface area contributed by atoms with Gasteiger partial charge in [0.05, 0.1) is 18.4 Å². The first-order valence-electron chi connectivity index (χ1n) is 9.19. The minimum atomic E-state index is -0.0998. The number of nitrogens with one attached hydrogen (secondary N) is 1. The zero-order valence-corrected chi connectivity index (χ0v) is 15.2. The molecule has 1 fully saturated rings. The number of hydrogen-bond donors (Lipinski definition) is 1. The van der Waals surface area contributed by atoms with Crippen molar-refractivity contribution in [1.82, 2.24) is 24.2 Å². The monoisotopic (exact) mass is 344 g/mol. The Morgan fingerprint density at radius 3 is 2.76 bits per heavy atom. The van der Waals surface area contributed by atoms with Gasteiger partial charge in [0.1, 0.15) is 0 Å². The second-order valence-corrected chi connectivity index (χ2v) is 7.15. The molecule has 0 spiro atoms. The molecule has 2 aromatic rings. The molecule has 0 unspecified atom stereocenters. The van der Waals surface area contributed by atoms with Crippen LogP contribution in [0.3, 0.4) is 0 Å². The zero-order valence-electron chi connectivity index (χ0n) is 15.2. The highest BCUT2D eigenvalue weighted by Gasteiger charge is 2.11. The molecule has 25 heavy (non-hydrogen) atoms. The molecule has 1 saturated heterocycles. The minimum Gasteiger partial charge on any atom is -0.333 e. The van der Waals surface area contributed by atoms with Crippen LogP contribution in [0.15, 0.2) is 29.6 Å². The molecule has 0 saturated carbocycles. The topological polar surface area (TPSA) is 68.0 Å². The Hall–Kier alpha value is -2.15. The summed E-state index contributed by atoms with van der Waals surface area (Å²) in [4.78, 5) is 19.1. The van der Waals surface area contributed by atoms with Crippen molar-refractivity contribution in [2.24, 2.45) is 5.92 Å². The van der Waals surface area contributed by atoms with Crippen LogP contribution in [0.5, 0.6) is 0 Å². The minimum absolute atomic E-state index is 0.0998. The third kappa shape index (κ3) is 4.92. The Morgan fingerprint density at radius 2 is 2.00 bits per heavy atom. The van der Waals surface area contributed by atoms with Crippen LogP contribution in [0.1, 0.15) is 33.1 Å². The maximum Gasteiger partial charge on any atom is 0.293 e. The van der Waals surface area contributed by atoms with Gasteiger partial charge in [-0.05, 0) is 31.8 Å². The van der Waals surface area contributed by atoms with E-state index in [0.717, 1.165) is 18.8 Å². The summed E-state index contributed by atoms with van der Waals surface area (Å²) in [5.41, 5.74) is 0.697. The molecule has 0 aromatic carbocycles. The highest BCUT2D eigenvalue weighted by molar-refractivity contribution is 5.52. The highest BCUT2D eigenvalue weighted by Crippen LogP contribution is 2.12. The lowest BCUT2D eigenvalue weighted by Crippen LogP contribution is -2.32. The lowest BCUT2D eigenvalue weighted by atomic mass is 10.1. The summed E-state index contributed by atoms with van der Waals surface area (Å²) in [7, 11) is 0. The number of anilines is 2. The molecule has 0 amide bonds. The largest absolute Gasteiger partial charge is 0.333 e. The van der Waals surface area contributed by atoms with E-state index < -0.39 is 0 Å². The van der Waals surface area contributed by atoms with E-state index in [1.165, 1.54) is 32.4 Å². The average Bonchev–Trinajstić information content (AvgIpc) is 3.05. The second-order valence-electron chi connectivity index (χ2n) is 7.15. The van der Waals surface area contributed by atoms with Crippen molar-refractivity contribution in [3.05, 3.63) is 35.1 Å². The van der Waals surface area contributed by atoms with Crippen molar-refractivity contribution in [1.29, 1.82) is 0 Å². The van der Waals surface area contributed by atoms with E-state index in [0.29, 0.717) is 18.3 Å². The van der Waals surface area contributed by atoms with Gasteiger partial charge in [-0.2, -0.15) is 5.10 Å². The third-order valence-electron chi connectivity index (χ3n) is 4.47. The van der Waals surface area contributed by atoms with Crippen LogP contribution in [0.4, 0.5) is 11.5 Å². The maximum atomic E-state index is 12.5.